The number of aryl methyl sites for hydroxylation is 1. The zero-order chi connectivity index (χ0) is 30.2. The zero-order valence-corrected chi connectivity index (χ0v) is 24.2. The van der Waals surface area contributed by atoms with Crippen LogP contribution in [0.25, 0.3) is 0 Å². The maximum Gasteiger partial charge on any atom is 0.267 e. The molecule has 0 bridgehead atoms. The highest BCUT2D eigenvalue weighted by atomic mass is 16.2. The van der Waals surface area contributed by atoms with Crippen LogP contribution in [0, 0.1) is 0 Å². The number of benzene rings is 2. The number of unbranched alkanes of at least 4 members (excludes halogenated alkanes) is 1. The molecule has 220 valence electrons. The largest absolute Gasteiger partial charge is 0.289 e. The Hall–Kier alpha value is -5.02. The lowest BCUT2D eigenvalue weighted by molar-refractivity contribution is 0.0647. The summed E-state index contributed by atoms with van der Waals surface area (Å²) in [4.78, 5) is 66.3. The highest BCUT2D eigenvalue weighted by Gasteiger charge is 2.38. The number of imide groups is 2. The molecular weight excluding hydrogens is 554 g/mol. The number of anilines is 1. The molecule has 4 amide bonds. The van der Waals surface area contributed by atoms with E-state index in [1.165, 1.54) is 10.5 Å². The monoisotopic (exact) mass is 585 g/mol. The molecule has 44 heavy (non-hydrogen) atoms. The Kier molecular flexibility index (Phi) is 7.31. The fraction of sp³-hybridized carbons (Fsp3) is 0.257. The van der Waals surface area contributed by atoms with E-state index in [0.717, 1.165) is 42.0 Å². The van der Waals surface area contributed by atoms with Crippen LogP contribution in [0.5, 0.6) is 0 Å². The second-order valence-electron chi connectivity index (χ2n) is 11.4. The second kappa shape index (κ2) is 11.6. The molecule has 1 unspecified atom stereocenters. The molecule has 2 aliphatic heterocycles. The van der Waals surface area contributed by atoms with E-state index in [2.05, 4.69) is 11.0 Å². The Morgan fingerprint density at radius 2 is 1.39 bits per heavy atom. The highest BCUT2D eigenvalue weighted by Crippen LogP contribution is 2.34. The molecule has 4 heterocycles. The van der Waals surface area contributed by atoms with E-state index in [-0.39, 0.29) is 29.7 Å². The predicted octanol–water partition coefficient (Wildman–Crippen LogP) is 5.23. The van der Waals surface area contributed by atoms with Crippen molar-refractivity contribution in [1.29, 1.82) is 0 Å². The molecule has 1 aliphatic carbocycles. The molecule has 4 aromatic rings. The van der Waals surface area contributed by atoms with E-state index in [0.29, 0.717) is 54.1 Å². The number of fused-ring (bicyclic) bond motifs is 3. The second-order valence-corrected chi connectivity index (χ2v) is 11.4. The molecule has 2 aromatic carbocycles. The van der Waals surface area contributed by atoms with Gasteiger partial charge in [0.25, 0.3) is 23.6 Å². The van der Waals surface area contributed by atoms with Crippen LogP contribution >= 0.6 is 0 Å². The van der Waals surface area contributed by atoms with Gasteiger partial charge in [-0.1, -0.05) is 36.4 Å². The molecule has 2 aromatic heterocycles. The molecule has 0 saturated carbocycles. The van der Waals surface area contributed by atoms with Crippen molar-refractivity contribution in [2.24, 2.45) is 0 Å². The summed E-state index contributed by atoms with van der Waals surface area (Å²) in [6.07, 6.45) is 6.22. The van der Waals surface area contributed by atoms with E-state index in [1.807, 2.05) is 24.4 Å². The lowest BCUT2D eigenvalue weighted by atomic mass is 9.90. The number of hydrogen-bond donors (Lipinski definition) is 0. The number of amides is 4. The van der Waals surface area contributed by atoms with Gasteiger partial charge in [-0.25, -0.2) is 9.88 Å². The number of carbonyl (C=O) groups is 4. The number of carbonyl (C=O) groups excluding carboxylic acids is 4. The van der Waals surface area contributed by atoms with Gasteiger partial charge < -0.3 is 0 Å². The van der Waals surface area contributed by atoms with Gasteiger partial charge in [0.2, 0.25) is 0 Å². The summed E-state index contributed by atoms with van der Waals surface area (Å²) in [5.74, 6) is -0.901. The van der Waals surface area contributed by atoms with Crippen LogP contribution in [-0.4, -0.2) is 56.5 Å². The summed E-state index contributed by atoms with van der Waals surface area (Å²) in [5.41, 5.74) is 4.75. The third-order valence-corrected chi connectivity index (χ3v) is 8.74. The van der Waals surface area contributed by atoms with Crippen molar-refractivity contribution in [2.75, 3.05) is 18.0 Å². The molecule has 0 fully saturated rings. The SMILES string of the molecule is O=C1c2ccccc2C(=O)N1CCCCN(Cc1cccc(N2C(=O)c3ccccc3C2=O)n1)C1CCCc2cccnc21. The van der Waals surface area contributed by atoms with Gasteiger partial charge >= 0.3 is 0 Å². The minimum atomic E-state index is -0.370. The first kappa shape index (κ1) is 27.8. The van der Waals surface area contributed by atoms with Gasteiger partial charge in [0, 0.05) is 19.3 Å². The zero-order valence-electron chi connectivity index (χ0n) is 24.2. The van der Waals surface area contributed by atoms with E-state index in [4.69, 9.17) is 9.97 Å². The van der Waals surface area contributed by atoms with Crippen LogP contribution < -0.4 is 4.90 Å². The number of rotatable bonds is 9. The van der Waals surface area contributed by atoms with Gasteiger partial charge in [-0.15, -0.1) is 0 Å². The third-order valence-electron chi connectivity index (χ3n) is 8.74. The van der Waals surface area contributed by atoms with E-state index in [1.54, 1.807) is 54.6 Å². The lowest BCUT2D eigenvalue weighted by Gasteiger charge is -2.35. The minimum Gasteiger partial charge on any atom is -0.289 e. The highest BCUT2D eigenvalue weighted by molar-refractivity contribution is 6.34. The van der Waals surface area contributed by atoms with Gasteiger partial charge in [-0.3, -0.25) is 34.0 Å². The van der Waals surface area contributed by atoms with Crippen molar-refractivity contribution in [3.63, 3.8) is 0 Å². The van der Waals surface area contributed by atoms with E-state index < -0.39 is 0 Å². The fourth-order valence-corrected chi connectivity index (χ4v) is 6.60. The summed E-state index contributed by atoms with van der Waals surface area (Å²) >= 11 is 0. The molecule has 0 spiro atoms. The number of hydrogen-bond acceptors (Lipinski definition) is 7. The predicted molar refractivity (Wildman–Crippen MR) is 163 cm³/mol. The maximum atomic E-state index is 13.1. The van der Waals surface area contributed by atoms with Crippen molar-refractivity contribution in [3.8, 4) is 0 Å². The van der Waals surface area contributed by atoms with Crippen molar-refractivity contribution in [3.05, 3.63) is 124 Å². The molecule has 7 rings (SSSR count). The molecule has 9 heteroatoms. The normalized spacial score (nSPS) is 17.3. The Morgan fingerprint density at radius 1 is 0.727 bits per heavy atom. The minimum absolute atomic E-state index is 0.0732. The number of pyridine rings is 2. The van der Waals surface area contributed by atoms with Gasteiger partial charge in [-0.05, 0) is 86.7 Å². The van der Waals surface area contributed by atoms with Crippen molar-refractivity contribution in [2.45, 2.75) is 44.7 Å². The molecule has 0 radical (unpaired) electrons. The smallest absolute Gasteiger partial charge is 0.267 e. The first-order valence-corrected chi connectivity index (χ1v) is 15.1. The van der Waals surface area contributed by atoms with Gasteiger partial charge in [-0.2, -0.15) is 0 Å². The number of aromatic nitrogens is 2. The summed E-state index contributed by atoms with van der Waals surface area (Å²) in [6.45, 7) is 1.54. The summed E-state index contributed by atoms with van der Waals surface area (Å²) in [7, 11) is 0. The quantitative estimate of drug-likeness (QED) is 0.196. The van der Waals surface area contributed by atoms with Crippen LogP contribution in [0.2, 0.25) is 0 Å². The molecule has 0 N–H and O–H groups in total. The average molecular weight is 586 g/mol. The Labute approximate surface area is 255 Å². The van der Waals surface area contributed by atoms with Crippen LogP contribution in [0.3, 0.4) is 0 Å². The number of nitrogens with zero attached hydrogens (tertiary/aromatic N) is 5. The summed E-state index contributed by atoms with van der Waals surface area (Å²) < 4.78 is 0. The summed E-state index contributed by atoms with van der Waals surface area (Å²) in [6, 6.07) is 23.4. The van der Waals surface area contributed by atoms with Gasteiger partial charge in [0.05, 0.1) is 39.7 Å². The van der Waals surface area contributed by atoms with E-state index >= 15 is 0 Å². The van der Waals surface area contributed by atoms with Crippen molar-refractivity contribution < 1.29 is 19.2 Å². The van der Waals surface area contributed by atoms with Crippen LogP contribution in [0.15, 0.2) is 85.1 Å². The average Bonchev–Trinajstić information content (AvgIpc) is 3.46. The lowest BCUT2D eigenvalue weighted by Crippen LogP contribution is -2.34. The topological polar surface area (TPSA) is 104 Å². The standard InChI is InChI=1S/C35H31N5O4/c41-32-25-13-1-2-14-26(25)33(42)39(32)21-6-5-20-38(29-17-7-10-23-11-9-19-36-31(23)29)22-24-12-8-18-30(37-24)40-34(43)27-15-3-4-16-28(27)35(40)44/h1-4,8-9,11-16,18-19,29H,5-7,10,17,20-22H2. The summed E-state index contributed by atoms with van der Waals surface area (Å²) in [5, 5.41) is 0. The molecule has 3 aliphatic rings. The van der Waals surface area contributed by atoms with Crippen LogP contribution in [0.4, 0.5) is 5.82 Å². The van der Waals surface area contributed by atoms with Crippen LogP contribution in [-0.2, 0) is 13.0 Å². The Bertz CT molecular complexity index is 1730. The van der Waals surface area contributed by atoms with Crippen LogP contribution in [0.1, 0.15) is 90.1 Å². The van der Waals surface area contributed by atoms with Crippen molar-refractivity contribution >= 4 is 29.4 Å². The van der Waals surface area contributed by atoms with Gasteiger partial charge in [0.1, 0.15) is 5.82 Å². The first-order valence-electron chi connectivity index (χ1n) is 15.1. The third kappa shape index (κ3) is 4.89. The Morgan fingerprint density at radius 3 is 2.07 bits per heavy atom. The molecule has 0 saturated heterocycles. The molecule has 9 nitrogen and oxygen atoms in total. The van der Waals surface area contributed by atoms with E-state index in [9.17, 15) is 19.2 Å². The van der Waals surface area contributed by atoms with Gasteiger partial charge in [0.15, 0.2) is 0 Å². The van der Waals surface area contributed by atoms with Crippen molar-refractivity contribution in [1.82, 2.24) is 19.8 Å². The Balaban J connectivity index is 1.10. The molecular formula is C35H31N5O4. The molecule has 1 atom stereocenters. The first-order chi connectivity index (χ1) is 21.5. The fourth-order valence-electron chi connectivity index (χ4n) is 6.60. The maximum absolute atomic E-state index is 13.1.